The van der Waals surface area contributed by atoms with Crippen molar-refractivity contribution < 1.29 is 9.53 Å². The van der Waals surface area contributed by atoms with Gasteiger partial charge in [0, 0.05) is 11.4 Å². The van der Waals surface area contributed by atoms with Crippen LogP contribution in [0.2, 0.25) is 0 Å². The Hall–Kier alpha value is -3.32. The van der Waals surface area contributed by atoms with E-state index in [1.54, 1.807) is 13.0 Å². The zero-order valence-electron chi connectivity index (χ0n) is 11.2. The molecular formula is C14H11N5O2. The van der Waals surface area contributed by atoms with Crippen LogP contribution in [0.15, 0.2) is 24.5 Å². The van der Waals surface area contributed by atoms with E-state index < -0.39 is 5.97 Å². The molecule has 0 radical (unpaired) electrons. The highest BCUT2D eigenvalue weighted by molar-refractivity contribution is 5.95. The van der Waals surface area contributed by atoms with Crippen LogP contribution in [0.5, 0.6) is 0 Å². The van der Waals surface area contributed by atoms with Crippen molar-refractivity contribution in [2.24, 2.45) is 0 Å². The van der Waals surface area contributed by atoms with Crippen LogP contribution >= 0.6 is 0 Å². The summed E-state index contributed by atoms with van der Waals surface area (Å²) in [6.07, 6.45) is 1.34. The van der Waals surface area contributed by atoms with Gasteiger partial charge in [-0.05, 0) is 25.1 Å². The van der Waals surface area contributed by atoms with Gasteiger partial charge in [-0.2, -0.15) is 10.5 Å². The summed E-state index contributed by atoms with van der Waals surface area (Å²) in [5.41, 5.74) is 6.84. The number of carbonyl (C=O) groups is 1. The van der Waals surface area contributed by atoms with Gasteiger partial charge in [0.15, 0.2) is 11.4 Å². The standard InChI is InChI=1S/C14H11N5O2/c1-2-21-14(20)10-5-9(3-4-11(10)17)19-8-18-12(6-15)13(19)7-16/h3-5,8H,2,17H2,1H3. The number of hydrogen-bond donors (Lipinski definition) is 1. The highest BCUT2D eigenvalue weighted by atomic mass is 16.5. The summed E-state index contributed by atoms with van der Waals surface area (Å²) in [7, 11) is 0. The average Bonchev–Trinajstić information content (AvgIpc) is 2.90. The molecule has 0 amide bonds. The van der Waals surface area contributed by atoms with Gasteiger partial charge in [-0.3, -0.25) is 4.57 Å². The second-order valence-electron chi connectivity index (χ2n) is 4.03. The van der Waals surface area contributed by atoms with Crippen molar-refractivity contribution in [1.29, 1.82) is 10.5 Å². The number of carbonyl (C=O) groups excluding carboxylic acids is 1. The van der Waals surface area contributed by atoms with Crippen molar-refractivity contribution in [3.05, 3.63) is 41.5 Å². The predicted molar refractivity (Wildman–Crippen MR) is 73.4 cm³/mol. The fraction of sp³-hybridized carbons (Fsp3) is 0.143. The highest BCUT2D eigenvalue weighted by Gasteiger charge is 2.15. The van der Waals surface area contributed by atoms with E-state index in [1.165, 1.54) is 23.0 Å². The summed E-state index contributed by atoms with van der Waals surface area (Å²) in [5, 5.41) is 18.0. The number of benzene rings is 1. The lowest BCUT2D eigenvalue weighted by Crippen LogP contribution is -2.09. The largest absolute Gasteiger partial charge is 0.462 e. The van der Waals surface area contributed by atoms with Crippen LogP contribution in [0, 0.1) is 22.7 Å². The van der Waals surface area contributed by atoms with Gasteiger partial charge in [0.1, 0.15) is 18.5 Å². The SMILES string of the molecule is CCOC(=O)c1cc(-n2cnc(C#N)c2C#N)ccc1N. The van der Waals surface area contributed by atoms with Gasteiger partial charge in [0.2, 0.25) is 0 Å². The number of rotatable bonds is 3. The summed E-state index contributed by atoms with van der Waals surface area (Å²) in [5.74, 6) is -0.545. The number of imidazole rings is 1. The number of anilines is 1. The van der Waals surface area contributed by atoms with E-state index in [0.717, 1.165) is 0 Å². The lowest BCUT2D eigenvalue weighted by molar-refractivity contribution is 0.0527. The van der Waals surface area contributed by atoms with E-state index in [1.807, 2.05) is 12.1 Å². The summed E-state index contributed by atoms with van der Waals surface area (Å²) in [6, 6.07) is 8.41. The topological polar surface area (TPSA) is 118 Å². The maximum atomic E-state index is 11.8. The zero-order valence-corrected chi connectivity index (χ0v) is 11.2. The number of hydrogen-bond acceptors (Lipinski definition) is 6. The molecule has 2 aromatic rings. The van der Waals surface area contributed by atoms with Crippen LogP contribution in [0.3, 0.4) is 0 Å². The van der Waals surface area contributed by atoms with Gasteiger partial charge < -0.3 is 10.5 Å². The van der Waals surface area contributed by atoms with Crippen LogP contribution in [0.25, 0.3) is 5.69 Å². The third-order valence-corrected chi connectivity index (χ3v) is 2.79. The second-order valence-corrected chi connectivity index (χ2v) is 4.03. The van der Waals surface area contributed by atoms with E-state index in [9.17, 15) is 4.79 Å². The van der Waals surface area contributed by atoms with Crippen molar-refractivity contribution in [3.63, 3.8) is 0 Å². The van der Waals surface area contributed by atoms with Crippen LogP contribution in [0.1, 0.15) is 28.7 Å². The zero-order chi connectivity index (χ0) is 15.4. The molecule has 0 saturated carbocycles. The fourth-order valence-electron chi connectivity index (χ4n) is 1.81. The van der Waals surface area contributed by atoms with E-state index in [4.69, 9.17) is 21.0 Å². The van der Waals surface area contributed by atoms with Crippen molar-refractivity contribution in [2.45, 2.75) is 6.92 Å². The number of ether oxygens (including phenoxy) is 1. The molecule has 0 saturated heterocycles. The van der Waals surface area contributed by atoms with Crippen molar-refractivity contribution in [3.8, 4) is 17.8 Å². The fourth-order valence-corrected chi connectivity index (χ4v) is 1.81. The number of nitriles is 2. The summed E-state index contributed by atoms with van der Waals surface area (Å²) in [6.45, 7) is 1.93. The number of nitrogens with zero attached hydrogens (tertiary/aromatic N) is 4. The molecule has 7 nitrogen and oxygen atoms in total. The van der Waals surface area contributed by atoms with Gasteiger partial charge in [0.25, 0.3) is 0 Å². The minimum Gasteiger partial charge on any atom is -0.462 e. The first kappa shape index (κ1) is 14.1. The third-order valence-electron chi connectivity index (χ3n) is 2.79. The number of aromatic nitrogens is 2. The van der Waals surface area contributed by atoms with Crippen LogP contribution in [-0.2, 0) is 4.74 Å². The maximum Gasteiger partial charge on any atom is 0.340 e. The maximum absolute atomic E-state index is 11.8. The smallest absolute Gasteiger partial charge is 0.340 e. The average molecular weight is 281 g/mol. The van der Waals surface area contributed by atoms with E-state index in [0.29, 0.717) is 5.69 Å². The van der Waals surface area contributed by atoms with Gasteiger partial charge >= 0.3 is 5.97 Å². The van der Waals surface area contributed by atoms with Gasteiger partial charge in [-0.15, -0.1) is 0 Å². The molecule has 104 valence electrons. The lowest BCUT2D eigenvalue weighted by Gasteiger charge is -2.09. The summed E-state index contributed by atoms with van der Waals surface area (Å²) >= 11 is 0. The minimum absolute atomic E-state index is 0.0204. The third kappa shape index (κ3) is 2.53. The highest BCUT2D eigenvalue weighted by Crippen LogP contribution is 2.20. The second kappa shape index (κ2) is 5.76. The molecule has 1 heterocycles. The predicted octanol–water partition coefficient (Wildman–Crippen LogP) is 1.37. The lowest BCUT2D eigenvalue weighted by atomic mass is 10.1. The molecule has 1 aromatic heterocycles. The van der Waals surface area contributed by atoms with Crippen LogP contribution < -0.4 is 5.73 Å². The van der Waals surface area contributed by atoms with E-state index in [2.05, 4.69) is 4.98 Å². The molecule has 0 aliphatic carbocycles. The molecular weight excluding hydrogens is 270 g/mol. The summed E-state index contributed by atoms with van der Waals surface area (Å²) < 4.78 is 6.34. The number of nitrogens with two attached hydrogens (primary N) is 1. The first-order chi connectivity index (χ1) is 10.1. The van der Waals surface area contributed by atoms with Crippen molar-refractivity contribution >= 4 is 11.7 Å². The molecule has 2 rings (SSSR count). The molecule has 7 heteroatoms. The molecule has 0 aliphatic heterocycles. The van der Waals surface area contributed by atoms with Crippen LogP contribution in [0.4, 0.5) is 5.69 Å². The summed E-state index contributed by atoms with van der Waals surface area (Å²) in [4.78, 5) is 15.7. The van der Waals surface area contributed by atoms with Gasteiger partial charge in [0.05, 0.1) is 12.2 Å². The van der Waals surface area contributed by atoms with Gasteiger partial charge in [-0.1, -0.05) is 0 Å². The molecule has 21 heavy (non-hydrogen) atoms. The molecule has 2 N–H and O–H groups in total. The van der Waals surface area contributed by atoms with E-state index in [-0.39, 0.29) is 29.2 Å². The molecule has 0 fully saturated rings. The molecule has 0 unspecified atom stereocenters. The Balaban J connectivity index is 2.55. The Morgan fingerprint density at radius 1 is 1.43 bits per heavy atom. The Morgan fingerprint density at radius 3 is 2.81 bits per heavy atom. The van der Waals surface area contributed by atoms with Crippen LogP contribution in [-0.4, -0.2) is 22.1 Å². The first-order valence-corrected chi connectivity index (χ1v) is 6.07. The Morgan fingerprint density at radius 2 is 2.19 bits per heavy atom. The number of esters is 1. The van der Waals surface area contributed by atoms with Gasteiger partial charge in [-0.25, -0.2) is 9.78 Å². The van der Waals surface area contributed by atoms with E-state index >= 15 is 0 Å². The minimum atomic E-state index is -0.545. The Kier molecular flexibility index (Phi) is 3.87. The molecule has 1 aromatic carbocycles. The molecule has 0 atom stereocenters. The first-order valence-electron chi connectivity index (χ1n) is 6.07. The normalized spacial score (nSPS) is 9.67. The monoisotopic (exact) mass is 281 g/mol. The molecule has 0 bridgehead atoms. The molecule has 0 aliphatic rings. The quantitative estimate of drug-likeness (QED) is 0.670. The molecule has 0 spiro atoms. The Bertz CT molecular complexity index is 780. The van der Waals surface area contributed by atoms with Crippen molar-refractivity contribution in [2.75, 3.05) is 12.3 Å². The Labute approximate surface area is 120 Å². The number of nitrogen functional groups attached to an aromatic ring is 1. The van der Waals surface area contributed by atoms with Crippen molar-refractivity contribution in [1.82, 2.24) is 9.55 Å².